The molecule has 0 unspecified atom stereocenters. The summed E-state index contributed by atoms with van der Waals surface area (Å²) in [5.74, 6) is -0.315. The lowest BCUT2D eigenvalue weighted by Gasteiger charge is -2.00. The number of carbonyl (C=O) groups is 1. The Bertz CT molecular complexity index is 531. The van der Waals surface area contributed by atoms with Crippen LogP contribution in [0.3, 0.4) is 0 Å². The molecule has 90 valence electrons. The maximum Gasteiger partial charge on any atom is 0.337 e. The van der Waals surface area contributed by atoms with E-state index in [9.17, 15) is 4.79 Å². The maximum absolute atomic E-state index is 11.4. The Kier molecular flexibility index (Phi) is 3.44. The zero-order valence-corrected chi connectivity index (χ0v) is 9.82. The lowest BCUT2D eigenvalue weighted by molar-refractivity contribution is 0.0601. The third kappa shape index (κ3) is 2.31. The number of aryl methyl sites for hydroxylation is 1. The zero-order chi connectivity index (χ0) is 12.3. The number of aromatic nitrogens is 1. The van der Waals surface area contributed by atoms with E-state index in [4.69, 9.17) is 5.73 Å². The summed E-state index contributed by atoms with van der Waals surface area (Å²) < 4.78 is 4.69. The van der Waals surface area contributed by atoms with Crippen molar-refractivity contribution in [1.82, 2.24) is 4.98 Å². The molecule has 2 aromatic rings. The van der Waals surface area contributed by atoms with Crippen molar-refractivity contribution in [2.75, 3.05) is 13.7 Å². The fourth-order valence-electron chi connectivity index (χ4n) is 1.93. The molecule has 0 saturated carbocycles. The highest BCUT2D eigenvalue weighted by Crippen LogP contribution is 2.21. The molecule has 4 heteroatoms. The molecule has 4 nitrogen and oxygen atoms in total. The number of nitrogens with one attached hydrogen (secondary N) is 1. The summed E-state index contributed by atoms with van der Waals surface area (Å²) in [6.07, 6.45) is 3.89. The first-order chi connectivity index (χ1) is 8.26. The van der Waals surface area contributed by atoms with Crippen LogP contribution < -0.4 is 5.73 Å². The van der Waals surface area contributed by atoms with Crippen LogP contribution in [0.4, 0.5) is 0 Å². The van der Waals surface area contributed by atoms with Crippen LogP contribution in [0.15, 0.2) is 24.4 Å². The van der Waals surface area contributed by atoms with Crippen LogP contribution in [0.25, 0.3) is 10.9 Å². The minimum absolute atomic E-state index is 0.315. The predicted octanol–water partition coefficient (Wildman–Crippen LogP) is 1.85. The number of fused-ring (bicyclic) bond motifs is 1. The van der Waals surface area contributed by atoms with Gasteiger partial charge in [-0.15, -0.1) is 0 Å². The van der Waals surface area contributed by atoms with Crippen LogP contribution in [0.2, 0.25) is 0 Å². The number of methoxy groups -OCH3 is 1. The third-order valence-electron chi connectivity index (χ3n) is 2.84. The van der Waals surface area contributed by atoms with Crippen molar-refractivity contribution in [1.29, 1.82) is 0 Å². The molecule has 0 bridgehead atoms. The largest absolute Gasteiger partial charge is 0.465 e. The second-order valence-corrected chi connectivity index (χ2v) is 3.96. The minimum atomic E-state index is -0.315. The molecular formula is C13H16N2O2. The van der Waals surface area contributed by atoms with Crippen LogP contribution in [0.5, 0.6) is 0 Å². The van der Waals surface area contributed by atoms with Crippen LogP contribution >= 0.6 is 0 Å². The number of rotatable bonds is 4. The normalized spacial score (nSPS) is 10.7. The molecule has 0 aliphatic heterocycles. The lowest BCUT2D eigenvalue weighted by atomic mass is 10.1. The maximum atomic E-state index is 11.4. The molecule has 0 fully saturated rings. The first-order valence-corrected chi connectivity index (χ1v) is 5.64. The van der Waals surface area contributed by atoms with E-state index >= 15 is 0 Å². The Labute approximate surface area is 99.8 Å². The molecule has 0 aliphatic carbocycles. The van der Waals surface area contributed by atoms with Crippen molar-refractivity contribution in [3.63, 3.8) is 0 Å². The van der Waals surface area contributed by atoms with E-state index in [2.05, 4.69) is 9.72 Å². The van der Waals surface area contributed by atoms with Crippen molar-refractivity contribution < 1.29 is 9.53 Å². The number of hydrogen-bond acceptors (Lipinski definition) is 3. The molecule has 1 aromatic heterocycles. The SMILES string of the molecule is COC(=O)c1ccc2c(CCCN)c[nH]c2c1. The summed E-state index contributed by atoms with van der Waals surface area (Å²) in [5.41, 5.74) is 8.26. The average molecular weight is 232 g/mol. The van der Waals surface area contributed by atoms with Gasteiger partial charge >= 0.3 is 5.97 Å². The van der Waals surface area contributed by atoms with Gasteiger partial charge in [0.05, 0.1) is 12.7 Å². The van der Waals surface area contributed by atoms with Crippen LogP contribution in [0, 0.1) is 0 Å². The van der Waals surface area contributed by atoms with Gasteiger partial charge in [0.1, 0.15) is 0 Å². The fourth-order valence-corrected chi connectivity index (χ4v) is 1.93. The molecule has 1 heterocycles. The Balaban J connectivity index is 2.34. The van der Waals surface area contributed by atoms with E-state index in [-0.39, 0.29) is 5.97 Å². The van der Waals surface area contributed by atoms with Gasteiger partial charge in [0, 0.05) is 17.1 Å². The van der Waals surface area contributed by atoms with Crippen LogP contribution in [-0.2, 0) is 11.2 Å². The van der Waals surface area contributed by atoms with Crippen molar-refractivity contribution in [3.8, 4) is 0 Å². The highest BCUT2D eigenvalue weighted by Gasteiger charge is 2.08. The standard InChI is InChI=1S/C13H16N2O2/c1-17-13(16)9-4-5-11-10(3-2-6-14)8-15-12(11)7-9/h4-5,7-8,15H,2-3,6,14H2,1H3. The van der Waals surface area contributed by atoms with E-state index in [1.807, 2.05) is 18.3 Å². The van der Waals surface area contributed by atoms with Gasteiger partial charge in [0.25, 0.3) is 0 Å². The summed E-state index contributed by atoms with van der Waals surface area (Å²) in [4.78, 5) is 14.6. The number of benzene rings is 1. The van der Waals surface area contributed by atoms with Gasteiger partial charge in [-0.25, -0.2) is 4.79 Å². The molecular weight excluding hydrogens is 216 g/mol. The monoisotopic (exact) mass is 232 g/mol. The second kappa shape index (κ2) is 5.01. The quantitative estimate of drug-likeness (QED) is 0.790. The molecule has 3 N–H and O–H groups in total. The number of aromatic amines is 1. The summed E-state index contributed by atoms with van der Waals surface area (Å²) in [5, 5.41) is 1.14. The number of ether oxygens (including phenoxy) is 1. The zero-order valence-electron chi connectivity index (χ0n) is 9.82. The molecule has 0 radical (unpaired) electrons. The van der Waals surface area contributed by atoms with E-state index in [1.54, 1.807) is 6.07 Å². The van der Waals surface area contributed by atoms with Gasteiger partial charge in [-0.05, 0) is 37.1 Å². The van der Waals surface area contributed by atoms with Gasteiger partial charge < -0.3 is 15.5 Å². The number of hydrogen-bond donors (Lipinski definition) is 2. The summed E-state index contributed by atoms with van der Waals surface area (Å²) in [7, 11) is 1.38. The highest BCUT2D eigenvalue weighted by atomic mass is 16.5. The van der Waals surface area contributed by atoms with Crippen LogP contribution in [0.1, 0.15) is 22.3 Å². The molecule has 0 amide bonds. The number of nitrogens with two attached hydrogens (primary N) is 1. The Morgan fingerprint density at radius 1 is 1.47 bits per heavy atom. The summed E-state index contributed by atoms with van der Waals surface area (Å²) >= 11 is 0. The molecule has 1 aromatic carbocycles. The molecule has 2 rings (SSSR count). The number of carbonyl (C=O) groups excluding carboxylic acids is 1. The van der Waals surface area contributed by atoms with E-state index in [0.29, 0.717) is 12.1 Å². The second-order valence-electron chi connectivity index (χ2n) is 3.96. The fraction of sp³-hybridized carbons (Fsp3) is 0.308. The number of H-pyrrole nitrogens is 1. The Hall–Kier alpha value is -1.81. The Morgan fingerprint density at radius 2 is 2.29 bits per heavy atom. The van der Waals surface area contributed by atoms with Crippen molar-refractivity contribution >= 4 is 16.9 Å². The first kappa shape index (κ1) is 11.7. The van der Waals surface area contributed by atoms with E-state index in [1.165, 1.54) is 12.7 Å². The van der Waals surface area contributed by atoms with Gasteiger partial charge in [0.2, 0.25) is 0 Å². The van der Waals surface area contributed by atoms with Crippen molar-refractivity contribution in [3.05, 3.63) is 35.5 Å². The van der Waals surface area contributed by atoms with Crippen molar-refractivity contribution in [2.45, 2.75) is 12.8 Å². The number of esters is 1. The predicted molar refractivity (Wildman–Crippen MR) is 67.0 cm³/mol. The highest BCUT2D eigenvalue weighted by molar-refractivity contribution is 5.95. The first-order valence-electron chi connectivity index (χ1n) is 5.64. The molecule has 17 heavy (non-hydrogen) atoms. The summed E-state index contributed by atoms with van der Waals surface area (Å²) in [6.45, 7) is 0.687. The molecule has 0 saturated heterocycles. The minimum Gasteiger partial charge on any atom is -0.465 e. The van der Waals surface area contributed by atoms with E-state index < -0.39 is 0 Å². The van der Waals surface area contributed by atoms with Gasteiger partial charge in [-0.3, -0.25) is 0 Å². The molecule has 0 aliphatic rings. The third-order valence-corrected chi connectivity index (χ3v) is 2.84. The van der Waals surface area contributed by atoms with Crippen LogP contribution in [-0.4, -0.2) is 24.6 Å². The average Bonchev–Trinajstić information content (AvgIpc) is 2.77. The van der Waals surface area contributed by atoms with Gasteiger partial charge in [-0.2, -0.15) is 0 Å². The lowest BCUT2D eigenvalue weighted by Crippen LogP contribution is -2.01. The van der Waals surface area contributed by atoms with Crippen molar-refractivity contribution in [2.24, 2.45) is 5.73 Å². The molecule has 0 atom stereocenters. The topological polar surface area (TPSA) is 68.1 Å². The van der Waals surface area contributed by atoms with Gasteiger partial charge in [-0.1, -0.05) is 6.07 Å². The van der Waals surface area contributed by atoms with Gasteiger partial charge in [0.15, 0.2) is 0 Å². The van der Waals surface area contributed by atoms with E-state index in [0.717, 1.165) is 23.7 Å². The summed E-state index contributed by atoms with van der Waals surface area (Å²) in [6, 6.07) is 5.55. The molecule has 0 spiro atoms. The smallest absolute Gasteiger partial charge is 0.337 e. The Morgan fingerprint density at radius 3 is 3.00 bits per heavy atom.